The lowest BCUT2D eigenvalue weighted by atomic mass is 9.87. The number of hydrogen-bond donors (Lipinski definition) is 1. The maximum atomic E-state index is 15.1. The number of aryl methyl sites for hydroxylation is 1. The van der Waals surface area contributed by atoms with E-state index < -0.39 is 45.4 Å². The van der Waals surface area contributed by atoms with Gasteiger partial charge in [-0.25, -0.2) is 23.4 Å². The maximum absolute atomic E-state index is 15.1. The molecule has 8 nitrogen and oxygen atoms in total. The van der Waals surface area contributed by atoms with Crippen molar-refractivity contribution in [1.82, 2.24) is 9.31 Å². The Bertz CT molecular complexity index is 1310. The van der Waals surface area contributed by atoms with E-state index in [-0.39, 0.29) is 28.4 Å². The zero-order valence-corrected chi connectivity index (χ0v) is 22.7. The molecule has 196 valence electrons. The number of halogens is 2. The minimum absolute atomic E-state index is 0.00887. The molecule has 0 aliphatic carbocycles. The normalized spacial score (nSPS) is 17.1. The SMILES string of the molecule is Cc1ccc(F)c(C(C)C(C(=O)N(N)C(=O)OC(C)(C)C)N2CCc3cc(Cl)ccc3S2(=O)=O)c1C. The number of nitrogens with zero attached hydrogens (tertiary/aromatic N) is 2. The molecule has 2 aromatic rings. The summed E-state index contributed by atoms with van der Waals surface area (Å²) in [5, 5.41) is 0.649. The van der Waals surface area contributed by atoms with Gasteiger partial charge in [0, 0.05) is 17.5 Å². The van der Waals surface area contributed by atoms with Crippen LogP contribution in [-0.2, 0) is 26.0 Å². The molecule has 0 fully saturated rings. The van der Waals surface area contributed by atoms with E-state index in [0.29, 0.717) is 16.1 Å². The molecule has 2 unspecified atom stereocenters. The first-order valence-corrected chi connectivity index (χ1v) is 13.3. The van der Waals surface area contributed by atoms with Gasteiger partial charge in [-0.1, -0.05) is 24.6 Å². The summed E-state index contributed by atoms with van der Waals surface area (Å²) in [7, 11) is -4.23. The molecule has 2 amide bonds. The van der Waals surface area contributed by atoms with Crippen molar-refractivity contribution in [3.8, 4) is 0 Å². The molecule has 36 heavy (non-hydrogen) atoms. The van der Waals surface area contributed by atoms with E-state index in [9.17, 15) is 18.0 Å². The third-order valence-corrected chi connectivity index (χ3v) is 8.48. The van der Waals surface area contributed by atoms with Crippen molar-refractivity contribution in [3.63, 3.8) is 0 Å². The summed E-state index contributed by atoms with van der Waals surface area (Å²) in [6.07, 6.45) is -0.884. The van der Waals surface area contributed by atoms with E-state index in [0.717, 1.165) is 9.87 Å². The van der Waals surface area contributed by atoms with Crippen LogP contribution in [0.2, 0.25) is 5.02 Å². The van der Waals surface area contributed by atoms with Gasteiger partial charge in [-0.05, 0) is 87.6 Å². The van der Waals surface area contributed by atoms with Crippen molar-refractivity contribution in [3.05, 3.63) is 63.4 Å². The number of hydrazine groups is 1. The van der Waals surface area contributed by atoms with E-state index in [1.807, 2.05) is 0 Å². The van der Waals surface area contributed by atoms with Crippen molar-refractivity contribution >= 4 is 33.6 Å². The van der Waals surface area contributed by atoms with Gasteiger partial charge < -0.3 is 4.74 Å². The molecule has 3 rings (SSSR count). The molecule has 0 saturated carbocycles. The summed E-state index contributed by atoms with van der Waals surface area (Å²) in [6.45, 7) is 9.75. The minimum atomic E-state index is -4.23. The lowest BCUT2D eigenvalue weighted by Gasteiger charge is -2.38. The van der Waals surface area contributed by atoms with E-state index >= 15 is 4.39 Å². The Morgan fingerprint density at radius 2 is 1.83 bits per heavy atom. The van der Waals surface area contributed by atoms with Crippen LogP contribution >= 0.6 is 11.6 Å². The Balaban J connectivity index is 2.15. The zero-order chi connectivity index (χ0) is 27.2. The fourth-order valence-corrected chi connectivity index (χ4v) is 6.50. The van der Waals surface area contributed by atoms with Crippen molar-refractivity contribution in [2.75, 3.05) is 6.54 Å². The summed E-state index contributed by atoms with van der Waals surface area (Å²) in [5.41, 5.74) is 1.06. The topological polar surface area (TPSA) is 110 Å². The van der Waals surface area contributed by atoms with Gasteiger partial charge in [0.1, 0.15) is 17.5 Å². The van der Waals surface area contributed by atoms with Crippen LogP contribution in [0.4, 0.5) is 9.18 Å². The number of hydrogen-bond acceptors (Lipinski definition) is 6. The van der Waals surface area contributed by atoms with Gasteiger partial charge in [-0.2, -0.15) is 9.31 Å². The van der Waals surface area contributed by atoms with Crippen molar-refractivity contribution in [2.24, 2.45) is 5.84 Å². The number of carbonyl (C=O) groups excluding carboxylic acids is 2. The summed E-state index contributed by atoms with van der Waals surface area (Å²) in [6, 6.07) is 5.73. The van der Waals surface area contributed by atoms with Gasteiger partial charge in [0.25, 0.3) is 5.91 Å². The van der Waals surface area contributed by atoms with Gasteiger partial charge in [0.15, 0.2) is 0 Å². The molecule has 1 aliphatic rings. The van der Waals surface area contributed by atoms with Crippen molar-refractivity contribution < 1.29 is 27.1 Å². The highest BCUT2D eigenvalue weighted by Gasteiger charge is 2.46. The molecule has 0 saturated heterocycles. The highest BCUT2D eigenvalue weighted by Crippen LogP contribution is 2.37. The van der Waals surface area contributed by atoms with Gasteiger partial charge in [0.05, 0.1) is 4.90 Å². The summed E-state index contributed by atoms with van der Waals surface area (Å²) >= 11 is 6.05. The molecule has 0 radical (unpaired) electrons. The molecule has 1 heterocycles. The molecular formula is C25H31ClFN3O5S. The zero-order valence-electron chi connectivity index (χ0n) is 21.1. The number of carbonyl (C=O) groups is 2. The van der Waals surface area contributed by atoms with Crippen molar-refractivity contribution in [2.45, 2.75) is 70.4 Å². The molecule has 1 aliphatic heterocycles. The highest BCUT2D eigenvalue weighted by molar-refractivity contribution is 7.89. The second kappa shape index (κ2) is 10.1. The Kier molecular flexibility index (Phi) is 7.86. The number of imide groups is 1. The van der Waals surface area contributed by atoms with Crippen LogP contribution in [0, 0.1) is 19.7 Å². The first-order valence-electron chi connectivity index (χ1n) is 11.4. The molecule has 11 heteroatoms. The number of rotatable bonds is 4. The van der Waals surface area contributed by atoms with Crippen molar-refractivity contribution in [1.29, 1.82) is 0 Å². The number of ether oxygens (including phenoxy) is 1. The van der Waals surface area contributed by atoms with Crippen LogP contribution < -0.4 is 5.84 Å². The quantitative estimate of drug-likeness (QED) is 0.349. The Morgan fingerprint density at radius 3 is 2.44 bits per heavy atom. The molecular weight excluding hydrogens is 509 g/mol. The largest absolute Gasteiger partial charge is 0.442 e. The van der Waals surface area contributed by atoms with Crippen LogP contribution in [0.3, 0.4) is 0 Å². The molecule has 0 bridgehead atoms. The van der Waals surface area contributed by atoms with Gasteiger partial charge in [-0.3, -0.25) is 4.79 Å². The molecule has 0 spiro atoms. The Labute approximate surface area is 216 Å². The average Bonchev–Trinajstić information content (AvgIpc) is 2.76. The molecule has 0 aromatic heterocycles. The number of fused-ring (bicyclic) bond motifs is 1. The monoisotopic (exact) mass is 539 g/mol. The van der Waals surface area contributed by atoms with E-state index in [1.165, 1.54) is 18.2 Å². The average molecular weight is 540 g/mol. The van der Waals surface area contributed by atoms with Crippen LogP contribution in [-0.4, -0.2) is 47.9 Å². The lowest BCUT2D eigenvalue weighted by Crippen LogP contribution is -2.58. The van der Waals surface area contributed by atoms with Crippen LogP contribution in [0.1, 0.15) is 55.9 Å². The lowest BCUT2D eigenvalue weighted by molar-refractivity contribution is -0.135. The third kappa shape index (κ3) is 5.41. The molecule has 2 aromatic carbocycles. The number of nitrogens with two attached hydrogens (primary N) is 1. The summed E-state index contributed by atoms with van der Waals surface area (Å²) in [4.78, 5) is 26.3. The fourth-order valence-electron chi connectivity index (χ4n) is 4.41. The molecule has 2 N–H and O–H groups in total. The van der Waals surface area contributed by atoms with Gasteiger partial charge in [0.2, 0.25) is 10.0 Å². The van der Waals surface area contributed by atoms with E-state index in [2.05, 4.69) is 0 Å². The first kappa shape index (κ1) is 28.0. The van der Waals surface area contributed by atoms with Crippen LogP contribution in [0.15, 0.2) is 35.2 Å². The van der Waals surface area contributed by atoms with Crippen LogP contribution in [0.5, 0.6) is 0 Å². The fraction of sp³-hybridized carbons (Fsp3) is 0.440. The highest BCUT2D eigenvalue weighted by atomic mass is 35.5. The standard InChI is InChI=1S/C25H31ClFN3O5S/c1-14-7-9-19(27)21(15(14)2)16(3)22(23(31)30(28)24(32)35-25(4,5)6)29-12-11-17-13-18(26)8-10-20(17)36(29,33)34/h7-10,13,16,22H,11-12,28H2,1-6H3. The van der Waals surface area contributed by atoms with E-state index in [4.69, 9.17) is 22.2 Å². The first-order chi connectivity index (χ1) is 16.6. The smallest absolute Gasteiger partial charge is 0.431 e. The van der Waals surface area contributed by atoms with Gasteiger partial charge >= 0.3 is 6.09 Å². The second-order valence-electron chi connectivity index (χ2n) is 9.94. The Hall–Kier alpha value is -2.53. The summed E-state index contributed by atoms with van der Waals surface area (Å²) in [5.74, 6) is 3.26. The summed E-state index contributed by atoms with van der Waals surface area (Å²) < 4.78 is 48.7. The number of benzene rings is 2. The number of amides is 2. The Morgan fingerprint density at radius 1 is 1.19 bits per heavy atom. The number of sulfonamides is 1. The van der Waals surface area contributed by atoms with Gasteiger partial charge in [-0.15, -0.1) is 0 Å². The second-order valence-corrected chi connectivity index (χ2v) is 12.2. The maximum Gasteiger partial charge on any atom is 0.431 e. The minimum Gasteiger partial charge on any atom is -0.442 e. The third-order valence-electron chi connectivity index (χ3n) is 6.26. The predicted molar refractivity (Wildman–Crippen MR) is 134 cm³/mol. The predicted octanol–water partition coefficient (Wildman–Crippen LogP) is 4.45. The van der Waals surface area contributed by atoms with E-state index in [1.54, 1.807) is 53.7 Å². The van der Waals surface area contributed by atoms with Crippen LogP contribution in [0.25, 0.3) is 0 Å². The molecule has 2 atom stereocenters.